The molecular formula is C27H27I. The van der Waals surface area contributed by atoms with Crippen LogP contribution < -0.4 is 0 Å². The summed E-state index contributed by atoms with van der Waals surface area (Å²) in [4.78, 5) is 0. The van der Waals surface area contributed by atoms with Crippen molar-refractivity contribution in [1.82, 2.24) is 0 Å². The minimum atomic E-state index is 0.0326. The van der Waals surface area contributed by atoms with Crippen LogP contribution in [0.5, 0.6) is 0 Å². The van der Waals surface area contributed by atoms with Gasteiger partial charge >= 0.3 is 0 Å². The van der Waals surface area contributed by atoms with Gasteiger partial charge in [-0.15, -0.1) is 0 Å². The summed E-state index contributed by atoms with van der Waals surface area (Å²) in [5.41, 5.74) is 7.17. The number of hydrogen-bond donors (Lipinski definition) is 0. The van der Waals surface area contributed by atoms with Crippen LogP contribution in [0.2, 0.25) is 0 Å². The van der Waals surface area contributed by atoms with Gasteiger partial charge in [-0.3, -0.25) is 0 Å². The smallest absolute Gasteiger partial charge is 0.0208 e. The molecule has 1 aliphatic carbocycles. The summed E-state index contributed by atoms with van der Waals surface area (Å²) in [6, 6.07) is 22.3. The van der Waals surface area contributed by atoms with E-state index >= 15 is 0 Å². The highest BCUT2D eigenvalue weighted by molar-refractivity contribution is 14.1. The van der Waals surface area contributed by atoms with Crippen LogP contribution in [0.3, 0.4) is 0 Å². The van der Waals surface area contributed by atoms with Gasteiger partial charge in [-0.25, -0.2) is 0 Å². The molecule has 4 rings (SSSR count). The number of benzene rings is 3. The van der Waals surface area contributed by atoms with Crippen molar-refractivity contribution in [1.29, 1.82) is 0 Å². The maximum Gasteiger partial charge on any atom is 0.0208 e. The van der Waals surface area contributed by atoms with Crippen LogP contribution in [0, 0.1) is 3.57 Å². The van der Waals surface area contributed by atoms with E-state index in [0.717, 1.165) is 6.42 Å². The van der Waals surface area contributed by atoms with Crippen LogP contribution in [0.25, 0.3) is 16.3 Å². The van der Waals surface area contributed by atoms with Crippen LogP contribution in [0.1, 0.15) is 56.7 Å². The molecule has 28 heavy (non-hydrogen) atoms. The summed E-state index contributed by atoms with van der Waals surface area (Å²) in [6.45, 7) is 9.30. The molecule has 0 aliphatic heterocycles. The van der Waals surface area contributed by atoms with Gasteiger partial charge in [0.1, 0.15) is 0 Å². The van der Waals surface area contributed by atoms with Crippen molar-refractivity contribution in [2.24, 2.45) is 0 Å². The Hall–Kier alpha value is -1.87. The number of rotatable bonds is 3. The Kier molecular flexibility index (Phi) is 5.22. The fraction of sp³-hybridized carbons (Fsp3) is 0.259. The van der Waals surface area contributed by atoms with Gasteiger partial charge < -0.3 is 0 Å². The molecule has 0 nitrogen and oxygen atoms in total. The van der Waals surface area contributed by atoms with Crippen LogP contribution in [-0.4, -0.2) is 0 Å². The molecule has 1 heteroatoms. The molecular weight excluding hydrogens is 451 g/mol. The van der Waals surface area contributed by atoms with Gasteiger partial charge in [0.05, 0.1) is 0 Å². The molecule has 0 N–H and O–H groups in total. The first kappa shape index (κ1) is 19.4. The fourth-order valence-corrected chi connectivity index (χ4v) is 5.28. The molecule has 0 spiro atoms. The molecule has 1 aliphatic rings. The minimum absolute atomic E-state index is 0.0326. The molecule has 0 fully saturated rings. The third-order valence-corrected chi connectivity index (χ3v) is 7.01. The van der Waals surface area contributed by atoms with Gasteiger partial charge in [0.15, 0.2) is 0 Å². The highest BCUT2D eigenvalue weighted by Crippen LogP contribution is 2.50. The Balaban J connectivity index is 1.87. The molecule has 0 radical (unpaired) electrons. The van der Waals surface area contributed by atoms with Gasteiger partial charge in [0.2, 0.25) is 0 Å². The Bertz CT molecular complexity index is 1100. The molecule has 0 bridgehead atoms. The average molecular weight is 478 g/mol. The van der Waals surface area contributed by atoms with E-state index in [0.29, 0.717) is 5.92 Å². The van der Waals surface area contributed by atoms with E-state index in [1.807, 2.05) is 0 Å². The second-order valence-electron chi connectivity index (χ2n) is 8.25. The van der Waals surface area contributed by atoms with E-state index < -0.39 is 0 Å². The molecule has 0 saturated heterocycles. The summed E-state index contributed by atoms with van der Waals surface area (Å²) in [6.07, 6.45) is 5.96. The van der Waals surface area contributed by atoms with Gasteiger partial charge in [-0.05, 0) is 73.7 Å². The van der Waals surface area contributed by atoms with Crippen LogP contribution in [-0.2, 0) is 5.41 Å². The third-order valence-electron chi connectivity index (χ3n) is 6.07. The summed E-state index contributed by atoms with van der Waals surface area (Å²) in [5.74, 6) is 0.353. The maximum atomic E-state index is 2.51. The second-order valence-corrected chi connectivity index (χ2v) is 9.41. The fourth-order valence-electron chi connectivity index (χ4n) is 4.63. The number of allylic oxidation sites excluding steroid dienone is 4. The van der Waals surface area contributed by atoms with E-state index in [-0.39, 0.29) is 5.41 Å². The lowest BCUT2D eigenvalue weighted by Gasteiger charge is -2.24. The van der Waals surface area contributed by atoms with Crippen molar-refractivity contribution >= 4 is 38.9 Å². The second kappa shape index (κ2) is 7.51. The lowest BCUT2D eigenvalue weighted by Crippen LogP contribution is -2.16. The maximum absolute atomic E-state index is 2.51. The summed E-state index contributed by atoms with van der Waals surface area (Å²) in [7, 11) is 0. The van der Waals surface area contributed by atoms with Gasteiger partial charge in [-0.1, -0.05) is 94.4 Å². The predicted octanol–water partition coefficient (Wildman–Crippen LogP) is 8.26. The first-order valence-corrected chi connectivity index (χ1v) is 11.2. The largest absolute Gasteiger partial charge is 0.0766 e. The van der Waals surface area contributed by atoms with Crippen LogP contribution >= 0.6 is 22.6 Å². The zero-order chi connectivity index (χ0) is 19.9. The van der Waals surface area contributed by atoms with E-state index in [1.54, 1.807) is 0 Å². The van der Waals surface area contributed by atoms with Gasteiger partial charge in [0, 0.05) is 14.9 Å². The molecule has 142 valence electrons. The Morgan fingerprint density at radius 3 is 2.36 bits per heavy atom. The van der Waals surface area contributed by atoms with Crippen LogP contribution in [0.4, 0.5) is 0 Å². The minimum Gasteiger partial charge on any atom is -0.0766 e. The molecule has 3 aromatic carbocycles. The Morgan fingerprint density at radius 1 is 0.929 bits per heavy atom. The average Bonchev–Trinajstić information content (AvgIpc) is 2.90. The van der Waals surface area contributed by atoms with E-state index in [2.05, 4.69) is 123 Å². The SMILES string of the molecule is CC/C=C1\C(=C/C(C)c2ccc(I)c3ccccc23)C(C)(C)c2ccccc21. The van der Waals surface area contributed by atoms with Crippen molar-refractivity contribution in [3.63, 3.8) is 0 Å². The molecule has 3 aromatic rings. The Morgan fingerprint density at radius 2 is 1.61 bits per heavy atom. The molecule has 0 heterocycles. The summed E-state index contributed by atoms with van der Waals surface area (Å²) < 4.78 is 1.32. The highest BCUT2D eigenvalue weighted by Gasteiger charge is 2.37. The molecule has 1 atom stereocenters. The standard InChI is InChI=1S/C27H27I/c1-5-10-21-22-12-8-9-14-24(22)27(3,4)25(21)17-18(2)19-15-16-26(28)23-13-7-6-11-20(19)23/h6-18H,5H2,1-4H3/b21-10-,25-17+. The number of halogens is 1. The summed E-state index contributed by atoms with van der Waals surface area (Å²) in [5, 5.41) is 2.72. The Labute approximate surface area is 182 Å². The first-order chi connectivity index (χ1) is 13.4. The lowest BCUT2D eigenvalue weighted by atomic mass is 9.79. The number of fused-ring (bicyclic) bond motifs is 2. The first-order valence-electron chi connectivity index (χ1n) is 10.1. The monoisotopic (exact) mass is 478 g/mol. The molecule has 1 unspecified atom stereocenters. The van der Waals surface area contributed by atoms with Crippen molar-refractivity contribution in [2.75, 3.05) is 0 Å². The highest BCUT2D eigenvalue weighted by atomic mass is 127. The van der Waals surface area contributed by atoms with Crippen molar-refractivity contribution in [3.8, 4) is 0 Å². The topological polar surface area (TPSA) is 0 Å². The zero-order valence-corrected chi connectivity index (χ0v) is 19.2. The number of hydrogen-bond acceptors (Lipinski definition) is 0. The van der Waals surface area contributed by atoms with Gasteiger partial charge in [-0.2, -0.15) is 0 Å². The zero-order valence-electron chi connectivity index (χ0n) is 17.1. The van der Waals surface area contributed by atoms with E-state index in [1.165, 1.54) is 42.2 Å². The van der Waals surface area contributed by atoms with E-state index in [4.69, 9.17) is 0 Å². The van der Waals surface area contributed by atoms with Crippen LogP contribution in [0.15, 0.2) is 78.4 Å². The van der Waals surface area contributed by atoms with Crippen molar-refractivity contribution < 1.29 is 0 Å². The lowest BCUT2D eigenvalue weighted by molar-refractivity contribution is 0.654. The summed E-state index contributed by atoms with van der Waals surface area (Å²) >= 11 is 2.44. The molecule has 0 amide bonds. The van der Waals surface area contributed by atoms with Crippen molar-refractivity contribution in [2.45, 2.75) is 45.4 Å². The normalized spacial score (nSPS) is 19.3. The predicted molar refractivity (Wildman–Crippen MR) is 131 cm³/mol. The molecule has 0 saturated carbocycles. The third kappa shape index (κ3) is 3.14. The van der Waals surface area contributed by atoms with Gasteiger partial charge in [0.25, 0.3) is 0 Å². The van der Waals surface area contributed by atoms with Crippen molar-refractivity contribution in [3.05, 3.63) is 98.6 Å². The van der Waals surface area contributed by atoms with E-state index in [9.17, 15) is 0 Å². The molecule has 0 aromatic heterocycles. The quantitative estimate of drug-likeness (QED) is 0.333.